The molecule has 0 spiro atoms. The first-order chi connectivity index (χ1) is 17.4. The number of fused-ring (bicyclic) bond motifs is 2. The summed E-state index contributed by atoms with van der Waals surface area (Å²) in [5, 5.41) is 0. The molecule has 3 aliphatic rings. The van der Waals surface area contributed by atoms with Crippen LogP contribution < -0.4 is 4.90 Å². The summed E-state index contributed by atoms with van der Waals surface area (Å²) in [6.07, 6.45) is 15.9. The van der Waals surface area contributed by atoms with Crippen molar-refractivity contribution < 1.29 is 0 Å². The van der Waals surface area contributed by atoms with E-state index >= 15 is 0 Å². The number of benzene rings is 3. The number of hydrogen-bond acceptors (Lipinski definition) is 1. The van der Waals surface area contributed by atoms with Gasteiger partial charge in [-0.25, -0.2) is 0 Å². The first-order valence-electron chi connectivity index (χ1n) is 13.0. The van der Waals surface area contributed by atoms with Crippen molar-refractivity contribution in [2.75, 3.05) is 4.90 Å². The topological polar surface area (TPSA) is 3.24 Å². The molecule has 0 saturated heterocycles. The molecule has 2 heteroatoms. The van der Waals surface area contributed by atoms with Gasteiger partial charge in [-0.05, 0) is 95.1 Å². The molecule has 2 atom stereocenters. The molecule has 36 heavy (non-hydrogen) atoms. The number of allylic oxidation sites excluding steroid dienone is 8. The summed E-state index contributed by atoms with van der Waals surface area (Å²) in [7, 11) is 0. The van der Waals surface area contributed by atoms with Crippen LogP contribution in [0.3, 0.4) is 0 Å². The largest absolute Gasteiger partial charge is 0.310 e. The van der Waals surface area contributed by atoms with Crippen LogP contribution in [0.1, 0.15) is 56.2 Å². The minimum atomic E-state index is 0.0177. The molecule has 0 saturated carbocycles. The van der Waals surface area contributed by atoms with Gasteiger partial charge in [-0.2, -0.15) is 0 Å². The molecule has 0 bridgehead atoms. The lowest BCUT2D eigenvalue weighted by Gasteiger charge is -2.29. The SMILES string of the molecule is CC1C=CC=CC1c1ccc(N(c2ccc(Br)cc2)c2ccc3c(c2)C(C)(C)C2=C3CCC=C2)cc1. The average Bonchev–Trinajstić information content (AvgIpc) is 3.13. The van der Waals surface area contributed by atoms with Crippen LogP contribution >= 0.6 is 15.9 Å². The molecule has 0 aliphatic heterocycles. The van der Waals surface area contributed by atoms with Crippen molar-refractivity contribution in [3.05, 3.63) is 130 Å². The van der Waals surface area contributed by atoms with E-state index in [0.717, 1.165) is 23.0 Å². The minimum absolute atomic E-state index is 0.0177. The Hall–Kier alpha value is -3.10. The fourth-order valence-electron chi connectivity index (χ4n) is 6.14. The second kappa shape index (κ2) is 9.09. The van der Waals surface area contributed by atoms with Gasteiger partial charge in [0.25, 0.3) is 0 Å². The maximum Gasteiger partial charge on any atom is 0.0465 e. The molecule has 0 fully saturated rings. The van der Waals surface area contributed by atoms with Crippen molar-refractivity contribution >= 4 is 38.6 Å². The lowest BCUT2D eigenvalue weighted by molar-refractivity contribution is 0.635. The number of rotatable bonds is 4. The maximum atomic E-state index is 3.61. The Bertz CT molecular complexity index is 1420. The fourth-order valence-corrected chi connectivity index (χ4v) is 6.41. The van der Waals surface area contributed by atoms with Gasteiger partial charge in [-0.15, -0.1) is 0 Å². The highest BCUT2D eigenvalue weighted by atomic mass is 79.9. The molecule has 0 aromatic heterocycles. The van der Waals surface area contributed by atoms with E-state index in [-0.39, 0.29) is 5.41 Å². The van der Waals surface area contributed by atoms with Crippen LogP contribution in [0.15, 0.2) is 113 Å². The van der Waals surface area contributed by atoms with Gasteiger partial charge in [0.15, 0.2) is 0 Å². The zero-order valence-electron chi connectivity index (χ0n) is 21.2. The Morgan fingerprint density at radius 3 is 2.22 bits per heavy atom. The highest BCUT2D eigenvalue weighted by Gasteiger charge is 2.37. The van der Waals surface area contributed by atoms with Crippen LogP contribution in [0, 0.1) is 5.92 Å². The first kappa shape index (κ1) is 23.3. The van der Waals surface area contributed by atoms with Gasteiger partial charge in [0.1, 0.15) is 0 Å². The Labute approximate surface area is 223 Å². The molecule has 0 N–H and O–H groups in total. The Morgan fingerprint density at radius 1 is 0.833 bits per heavy atom. The molecule has 1 nitrogen and oxygen atoms in total. The summed E-state index contributed by atoms with van der Waals surface area (Å²) in [4.78, 5) is 2.39. The van der Waals surface area contributed by atoms with E-state index in [4.69, 9.17) is 0 Å². The van der Waals surface area contributed by atoms with Crippen LogP contribution in [-0.4, -0.2) is 0 Å². The van der Waals surface area contributed by atoms with Crippen molar-refractivity contribution in [3.8, 4) is 0 Å². The molecule has 0 heterocycles. The molecule has 0 amide bonds. The summed E-state index contributed by atoms with van der Waals surface area (Å²) in [5.74, 6) is 0.936. The standard InChI is InChI=1S/C34H32BrN/c1-23-8-4-5-9-29(23)24-12-16-26(17-13-24)36(27-18-14-25(35)15-19-27)28-20-21-31-30-10-6-7-11-32(30)34(2,3)33(31)22-28/h4-5,7-9,11-23,29H,6,10H2,1-3H3. The van der Waals surface area contributed by atoms with Gasteiger partial charge in [0.2, 0.25) is 0 Å². The van der Waals surface area contributed by atoms with E-state index in [2.05, 4.69) is 145 Å². The quantitative estimate of drug-likeness (QED) is 0.322. The van der Waals surface area contributed by atoms with Gasteiger partial charge < -0.3 is 4.90 Å². The van der Waals surface area contributed by atoms with Crippen LogP contribution in [-0.2, 0) is 5.41 Å². The molecule has 180 valence electrons. The van der Waals surface area contributed by atoms with E-state index in [1.54, 1.807) is 0 Å². The second-order valence-corrected chi connectivity index (χ2v) is 11.7. The first-order valence-corrected chi connectivity index (χ1v) is 13.8. The van der Waals surface area contributed by atoms with Crippen molar-refractivity contribution in [3.63, 3.8) is 0 Å². The van der Waals surface area contributed by atoms with Gasteiger partial charge in [0, 0.05) is 32.9 Å². The third kappa shape index (κ3) is 3.92. The van der Waals surface area contributed by atoms with Crippen molar-refractivity contribution in [1.82, 2.24) is 0 Å². The number of halogens is 1. The van der Waals surface area contributed by atoms with Crippen LogP contribution in [0.4, 0.5) is 17.1 Å². The molecule has 2 unspecified atom stereocenters. The summed E-state index contributed by atoms with van der Waals surface area (Å²) in [5.41, 5.74) is 10.8. The van der Waals surface area contributed by atoms with E-state index in [9.17, 15) is 0 Å². The summed E-state index contributed by atoms with van der Waals surface area (Å²) in [6, 6.07) is 24.9. The van der Waals surface area contributed by atoms with Crippen LogP contribution in [0.25, 0.3) is 5.57 Å². The summed E-state index contributed by atoms with van der Waals surface area (Å²) in [6.45, 7) is 7.04. The fraction of sp³-hybridized carbons (Fsp3) is 0.235. The molecular weight excluding hydrogens is 502 g/mol. The Kier molecular flexibility index (Phi) is 5.88. The third-order valence-electron chi connectivity index (χ3n) is 8.14. The van der Waals surface area contributed by atoms with E-state index in [0.29, 0.717) is 11.8 Å². The van der Waals surface area contributed by atoms with E-state index < -0.39 is 0 Å². The maximum absolute atomic E-state index is 3.61. The monoisotopic (exact) mass is 533 g/mol. The number of anilines is 3. The molecule has 3 aromatic rings. The van der Waals surface area contributed by atoms with Crippen LogP contribution in [0.5, 0.6) is 0 Å². The normalized spacial score (nSPS) is 21.4. The number of hydrogen-bond donors (Lipinski definition) is 0. The molecular formula is C34H32BrN. The lowest BCUT2D eigenvalue weighted by atomic mass is 9.80. The van der Waals surface area contributed by atoms with Crippen molar-refractivity contribution in [2.45, 2.75) is 44.9 Å². The zero-order chi connectivity index (χ0) is 24.9. The molecule has 0 radical (unpaired) electrons. The van der Waals surface area contributed by atoms with Gasteiger partial charge in [-0.3, -0.25) is 0 Å². The van der Waals surface area contributed by atoms with Gasteiger partial charge in [0.05, 0.1) is 0 Å². The van der Waals surface area contributed by atoms with E-state index in [1.807, 2.05) is 0 Å². The highest BCUT2D eigenvalue weighted by Crippen LogP contribution is 2.51. The summed E-state index contributed by atoms with van der Waals surface area (Å²) < 4.78 is 1.09. The van der Waals surface area contributed by atoms with Crippen molar-refractivity contribution in [2.24, 2.45) is 5.92 Å². The zero-order valence-corrected chi connectivity index (χ0v) is 22.8. The summed E-state index contributed by atoms with van der Waals surface area (Å²) >= 11 is 3.61. The average molecular weight is 535 g/mol. The van der Waals surface area contributed by atoms with E-state index in [1.165, 1.54) is 39.2 Å². The van der Waals surface area contributed by atoms with Crippen LogP contribution in [0.2, 0.25) is 0 Å². The minimum Gasteiger partial charge on any atom is -0.310 e. The van der Waals surface area contributed by atoms with Crippen molar-refractivity contribution in [1.29, 1.82) is 0 Å². The number of nitrogens with zero attached hydrogens (tertiary/aromatic N) is 1. The Balaban J connectivity index is 1.43. The third-order valence-corrected chi connectivity index (χ3v) is 8.66. The highest BCUT2D eigenvalue weighted by molar-refractivity contribution is 9.10. The predicted molar refractivity (Wildman–Crippen MR) is 157 cm³/mol. The molecule has 3 aliphatic carbocycles. The lowest BCUT2D eigenvalue weighted by Crippen LogP contribution is -2.18. The van der Waals surface area contributed by atoms with Gasteiger partial charge >= 0.3 is 0 Å². The Morgan fingerprint density at radius 2 is 1.50 bits per heavy atom. The van der Waals surface area contributed by atoms with Gasteiger partial charge in [-0.1, -0.05) is 91.4 Å². The smallest absolute Gasteiger partial charge is 0.0465 e. The molecule has 3 aromatic carbocycles. The molecule has 6 rings (SSSR count). The second-order valence-electron chi connectivity index (χ2n) is 10.7. The predicted octanol–water partition coefficient (Wildman–Crippen LogP) is 10.2.